The summed E-state index contributed by atoms with van der Waals surface area (Å²) in [5, 5.41) is -0.0974. The van der Waals surface area contributed by atoms with E-state index in [-0.39, 0.29) is 24.3 Å². The largest absolute Gasteiger partial charge is 0.440 e. The van der Waals surface area contributed by atoms with Gasteiger partial charge in [0, 0.05) is 36.2 Å². The number of rotatable bonds is 7. The number of alkyl halides is 3. The third-order valence-corrected chi connectivity index (χ3v) is 8.37. The Kier molecular flexibility index (Phi) is 6.83. The third kappa shape index (κ3) is 5.08. The van der Waals surface area contributed by atoms with Crippen LogP contribution in [0.4, 0.5) is 17.6 Å². The molecule has 11 heteroatoms. The number of Topliss-reactive ketones (excluding diaryl/α,β-unsaturated/α-hetero) is 1. The van der Waals surface area contributed by atoms with Gasteiger partial charge in [-0.15, -0.1) is 0 Å². The van der Waals surface area contributed by atoms with Gasteiger partial charge in [0.1, 0.15) is 0 Å². The summed E-state index contributed by atoms with van der Waals surface area (Å²) in [5.74, 6) is -0.938. The van der Waals surface area contributed by atoms with Gasteiger partial charge in [-0.25, -0.2) is 12.8 Å². The molecular weight excluding hydrogens is 524 g/mol. The van der Waals surface area contributed by atoms with E-state index in [1.165, 1.54) is 36.5 Å². The molecule has 1 atom stereocenters. The highest BCUT2D eigenvalue weighted by Gasteiger charge is 2.40. The van der Waals surface area contributed by atoms with Crippen molar-refractivity contribution in [3.8, 4) is 11.3 Å². The Morgan fingerprint density at radius 3 is 2.55 bits per heavy atom. The number of carbonyl (C=O) groups is 1. The molecule has 1 saturated heterocycles. The molecular formula is C27H22F4N2O4S. The van der Waals surface area contributed by atoms with Crippen LogP contribution in [0.5, 0.6) is 0 Å². The van der Waals surface area contributed by atoms with Gasteiger partial charge in [-0.2, -0.15) is 17.5 Å². The molecule has 198 valence electrons. The van der Waals surface area contributed by atoms with Crippen LogP contribution in [-0.2, 0) is 27.4 Å². The van der Waals surface area contributed by atoms with Crippen LogP contribution in [0.3, 0.4) is 0 Å². The smallest absolute Gasteiger partial charge is 0.416 e. The number of carbonyl (C=O) groups excluding carboxylic acids is 1. The van der Waals surface area contributed by atoms with E-state index in [4.69, 9.17) is 4.42 Å². The predicted molar refractivity (Wildman–Crippen MR) is 131 cm³/mol. The van der Waals surface area contributed by atoms with E-state index in [1.807, 2.05) is 0 Å². The number of sulfonamides is 1. The molecule has 3 heterocycles. The number of ketones is 1. The highest BCUT2D eigenvalue weighted by Crippen LogP contribution is 2.33. The fourth-order valence-electron chi connectivity index (χ4n) is 4.65. The SMILES string of the molecule is O=C(CCc1ccnc(-c2ccc(C(F)(F)F)cc2)c1)[C@@H]1CCCN1S(=O)(=O)c1cc2cccc(F)c2o1. The van der Waals surface area contributed by atoms with E-state index in [0.29, 0.717) is 35.9 Å². The molecule has 0 unspecified atom stereocenters. The number of para-hydroxylation sites is 1. The molecule has 0 amide bonds. The van der Waals surface area contributed by atoms with Crippen LogP contribution in [0.2, 0.25) is 0 Å². The van der Waals surface area contributed by atoms with Gasteiger partial charge in [-0.3, -0.25) is 9.78 Å². The molecule has 1 aliphatic heterocycles. The molecule has 2 aromatic carbocycles. The number of hydrogen-bond donors (Lipinski definition) is 0. The average Bonchev–Trinajstić information content (AvgIpc) is 3.56. The maximum Gasteiger partial charge on any atom is 0.416 e. The Morgan fingerprint density at radius 2 is 1.84 bits per heavy atom. The highest BCUT2D eigenvalue weighted by molar-refractivity contribution is 7.89. The fourth-order valence-corrected chi connectivity index (χ4v) is 6.27. The number of aryl methyl sites for hydroxylation is 1. The molecule has 1 aliphatic rings. The fraction of sp³-hybridized carbons (Fsp3) is 0.259. The highest BCUT2D eigenvalue weighted by atomic mass is 32.2. The zero-order valence-electron chi connectivity index (χ0n) is 19.9. The minimum atomic E-state index is -4.43. The molecule has 0 N–H and O–H groups in total. The number of benzene rings is 2. The number of pyridine rings is 1. The van der Waals surface area contributed by atoms with Gasteiger partial charge in [-0.05, 0) is 55.2 Å². The van der Waals surface area contributed by atoms with Crippen molar-refractivity contribution in [3.63, 3.8) is 0 Å². The van der Waals surface area contributed by atoms with E-state index in [9.17, 15) is 30.8 Å². The summed E-state index contributed by atoms with van der Waals surface area (Å²) in [6.45, 7) is 0.144. The molecule has 0 radical (unpaired) electrons. The van der Waals surface area contributed by atoms with Crippen molar-refractivity contribution >= 4 is 26.8 Å². The Hall–Kier alpha value is -3.57. The normalized spacial score (nSPS) is 16.8. The Balaban J connectivity index is 1.29. The van der Waals surface area contributed by atoms with Gasteiger partial charge in [-0.1, -0.05) is 24.3 Å². The molecule has 2 aromatic heterocycles. The van der Waals surface area contributed by atoms with Crippen LogP contribution >= 0.6 is 0 Å². The third-order valence-electron chi connectivity index (χ3n) is 6.60. The summed E-state index contributed by atoms with van der Waals surface area (Å²) >= 11 is 0. The average molecular weight is 547 g/mol. The topological polar surface area (TPSA) is 80.5 Å². The number of aromatic nitrogens is 1. The van der Waals surface area contributed by atoms with Crippen LogP contribution < -0.4 is 0 Å². The van der Waals surface area contributed by atoms with Crippen LogP contribution in [0, 0.1) is 5.82 Å². The predicted octanol–water partition coefficient (Wildman–Crippen LogP) is 6.01. The lowest BCUT2D eigenvalue weighted by Gasteiger charge is -2.21. The molecule has 4 aromatic rings. The quantitative estimate of drug-likeness (QED) is 0.265. The minimum Gasteiger partial charge on any atom is -0.440 e. The second kappa shape index (κ2) is 9.95. The summed E-state index contributed by atoms with van der Waals surface area (Å²) in [4.78, 5) is 17.3. The summed E-state index contributed by atoms with van der Waals surface area (Å²) < 4.78 is 85.5. The first-order chi connectivity index (χ1) is 18.0. The van der Waals surface area contributed by atoms with Crippen LogP contribution in [0.15, 0.2) is 76.4 Å². The first-order valence-electron chi connectivity index (χ1n) is 11.9. The minimum absolute atomic E-state index is 0.0575. The Morgan fingerprint density at radius 1 is 1.08 bits per heavy atom. The zero-order valence-corrected chi connectivity index (χ0v) is 20.7. The van der Waals surface area contributed by atoms with Gasteiger partial charge < -0.3 is 4.42 Å². The summed E-state index contributed by atoms with van der Waals surface area (Å²) in [5.41, 5.74) is 0.789. The first kappa shape index (κ1) is 26.1. The number of halogens is 4. The maximum absolute atomic E-state index is 14.0. The monoisotopic (exact) mass is 546 g/mol. The van der Waals surface area contributed by atoms with Gasteiger partial charge >= 0.3 is 6.18 Å². The molecule has 0 bridgehead atoms. The van der Waals surface area contributed by atoms with E-state index in [2.05, 4.69) is 4.98 Å². The van der Waals surface area contributed by atoms with Crippen molar-refractivity contribution in [2.45, 2.75) is 43.0 Å². The van der Waals surface area contributed by atoms with E-state index in [0.717, 1.165) is 22.0 Å². The molecule has 38 heavy (non-hydrogen) atoms. The number of fused-ring (bicyclic) bond motifs is 1. The van der Waals surface area contributed by atoms with Crippen molar-refractivity contribution in [2.24, 2.45) is 0 Å². The van der Waals surface area contributed by atoms with Crippen molar-refractivity contribution < 1.29 is 35.2 Å². The standard InChI is InChI=1S/C27H22F4N2O4S/c28-21-4-1-3-19-16-25(37-26(19)21)38(35,36)33-14-2-5-23(33)24(34)11-6-17-12-13-32-22(15-17)18-7-9-20(10-8-18)27(29,30)31/h1,3-4,7-10,12-13,15-16,23H,2,5-6,11,14H2/t23-/m0/s1. The van der Waals surface area contributed by atoms with Crippen LogP contribution in [-0.4, -0.2) is 36.1 Å². The lowest BCUT2D eigenvalue weighted by atomic mass is 10.0. The van der Waals surface area contributed by atoms with Gasteiger partial charge in [0.25, 0.3) is 10.0 Å². The van der Waals surface area contributed by atoms with Gasteiger partial charge in [0.2, 0.25) is 5.09 Å². The first-order valence-corrected chi connectivity index (χ1v) is 13.3. The van der Waals surface area contributed by atoms with Crippen molar-refractivity contribution in [1.29, 1.82) is 0 Å². The molecule has 6 nitrogen and oxygen atoms in total. The summed E-state index contributed by atoms with van der Waals surface area (Å²) in [7, 11) is -4.16. The molecule has 0 spiro atoms. The number of furan rings is 1. The van der Waals surface area contributed by atoms with E-state index >= 15 is 0 Å². The maximum atomic E-state index is 14.0. The summed E-state index contributed by atoms with van der Waals surface area (Å²) in [6, 6.07) is 12.6. The van der Waals surface area contributed by atoms with Crippen molar-refractivity contribution in [1.82, 2.24) is 9.29 Å². The Labute approximate surface area is 215 Å². The van der Waals surface area contributed by atoms with E-state index < -0.39 is 38.7 Å². The molecule has 0 saturated carbocycles. The summed E-state index contributed by atoms with van der Waals surface area (Å²) in [6.07, 6.45) is -1.70. The van der Waals surface area contributed by atoms with Crippen LogP contribution in [0.25, 0.3) is 22.2 Å². The molecule has 5 rings (SSSR count). The lowest BCUT2D eigenvalue weighted by molar-refractivity contribution is -0.137. The Bertz CT molecular complexity index is 1600. The molecule has 0 aliphatic carbocycles. The molecule has 1 fully saturated rings. The second-order valence-electron chi connectivity index (χ2n) is 9.09. The van der Waals surface area contributed by atoms with Gasteiger partial charge in [0.05, 0.1) is 17.3 Å². The zero-order chi connectivity index (χ0) is 27.1. The van der Waals surface area contributed by atoms with E-state index in [1.54, 1.807) is 18.2 Å². The lowest BCUT2D eigenvalue weighted by Crippen LogP contribution is -2.40. The van der Waals surface area contributed by atoms with Gasteiger partial charge in [0.15, 0.2) is 17.2 Å². The second-order valence-corrected chi connectivity index (χ2v) is 10.9. The van der Waals surface area contributed by atoms with Crippen LogP contribution in [0.1, 0.15) is 30.4 Å². The number of nitrogens with zero attached hydrogens (tertiary/aromatic N) is 2. The van der Waals surface area contributed by atoms with Crippen molar-refractivity contribution in [2.75, 3.05) is 6.54 Å². The number of hydrogen-bond acceptors (Lipinski definition) is 5. The van der Waals surface area contributed by atoms with Crippen molar-refractivity contribution in [3.05, 3.63) is 83.8 Å².